The second-order valence-corrected chi connectivity index (χ2v) is 7.65. The summed E-state index contributed by atoms with van der Waals surface area (Å²) in [4.78, 5) is 12.2. The van der Waals surface area contributed by atoms with Gasteiger partial charge in [-0.1, -0.05) is 57.2 Å². The van der Waals surface area contributed by atoms with Crippen LogP contribution in [0.2, 0.25) is 0 Å². The Morgan fingerprint density at radius 1 is 1.08 bits per heavy atom. The summed E-state index contributed by atoms with van der Waals surface area (Å²) >= 11 is 0. The molecule has 1 atom stereocenters. The fourth-order valence-corrected chi connectivity index (χ4v) is 2.66. The minimum Gasteiger partial charge on any atom is -0.483 e. The average Bonchev–Trinajstić information content (AvgIpc) is 2.55. The highest BCUT2D eigenvalue weighted by Crippen LogP contribution is 2.24. The number of aryl methyl sites for hydroxylation is 1. The third-order valence-corrected chi connectivity index (χ3v) is 4.57. The van der Waals surface area contributed by atoms with Crippen molar-refractivity contribution in [2.45, 2.75) is 53.0 Å². The van der Waals surface area contributed by atoms with E-state index in [4.69, 9.17) is 4.74 Å². The molecule has 0 heterocycles. The predicted octanol–water partition coefficient (Wildman–Crippen LogP) is 4.86. The van der Waals surface area contributed by atoms with Crippen molar-refractivity contribution in [2.75, 3.05) is 6.61 Å². The van der Waals surface area contributed by atoms with E-state index >= 15 is 0 Å². The van der Waals surface area contributed by atoms with Gasteiger partial charge in [-0.25, -0.2) is 0 Å². The van der Waals surface area contributed by atoms with Gasteiger partial charge in [0, 0.05) is 0 Å². The maximum absolute atomic E-state index is 12.2. The number of rotatable bonds is 5. The number of benzene rings is 2. The molecule has 1 N–H and O–H groups in total. The van der Waals surface area contributed by atoms with E-state index in [2.05, 4.69) is 50.4 Å². The van der Waals surface area contributed by atoms with Crippen molar-refractivity contribution in [1.29, 1.82) is 0 Å². The smallest absolute Gasteiger partial charge is 0.258 e. The van der Waals surface area contributed by atoms with E-state index in [0.29, 0.717) is 0 Å². The minimum absolute atomic E-state index is 0.0225. The van der Waals surface area contributed by atoms with Crippen molar-refractivity contribution in [3.63, 3.8) is 0 Å². The van der Waals surface area contributed by atoms with Crippen LogP contribution in [-0.4, -0.2) is 12.5 Å². The lowest BCUT2D eigenvalue weighted by Crippen LogP contribution is -2.31. The molecule has 1 amide bonds. The monoisotopic (exact) mass is 339 g/mol. The van der Waals surface area contributed by atoms with Crippen LogP contribution in [0, 0.1) is 13.8 Å². The average molecular weight is 339 g/mol. The Hall–Kier alpha value is -2.29. The third kappa shape index (κ3) is 5.09. The van der Waals surface area contributed by atoms with E-state index < -0.39 is 0 Å². The van der Waals surface area contributed by atoms with Gasteiger partial charge in [0.2, 0.25) is 0 Å². The summed E-state index contributed by atoms with van der Waals surface area (Å²) in [5.41, 5.74) is 4.73. The van der Waals surface area contributed by atoms with Gasteiger partial charge in [-0.05, 0) is 54.5 Å². The number of amides is 1. The van der Waals surface area contributed by atoms with E-state index in [1.54, 1.807) is 0 Å². The molecule has 25 heavy (non-hydrogen) atoms. The molecule has 0 aliphatic rings. The lowest BCUT2D eigenvalue weighted by atomic mass is 9.86. The molecular weight excluding hydrogens is 310 g/mol. The van der Waals surface area contributed by atoms with Crippen LogP contribution < -0.4 is 10.1 Å². The number of carbonyl (C=O) groups is 1. The van der Waals surface area contributed by atoms with E-state index in [0.717, 1.165) is 22.4 Å². The molecule has 0 aliphatic heterocycles. The molecular formula is C22H29NO2. The van der Waals surface area contributed by atoms with Crippen LogP contribution in [0.15, 0.2) is 42.5 Å². The predicted molar refractivity (Wildman–Crippen MR) is 103 cm³/mol. The summed E-state index contributed by atoms with van der Waals surface area (Å²) < 4.78 is 5.67. The standard InChI is InChI=1S/C22H29NO2/c1-15-8-7-9-20(16(15)2)25-14-21(24)23-17(3)18-10-12-19(13-11-18)22(4,5)6/h7-13,17H,14H2,1-6H3,(H,23,24)/t17-/m0/s1. The molecule has 0 aromatic heterocycles. The molecule has 0 aliphatic carbocycles. The van der Waals surface area contributed by atoms with Crippen LogP contribution in [0.4, 0.5) is 0 Å². The van der Waals surface area contributed by atoms with Gasteiger partial charge in [0.15, 0.2) is 6.61 Å². The second-order valence-electron chi connectivity index (χ2n) is 7.65. The lowest BCUT2D eigenvalue weighted by molar-refractivity contribution is -0.123. The minimum atomic E-state index is -0.117. The van der Waals surface area contributed by atoms with Crippen molar-refractivity contribution >= 4 is 5.91 Å². The third-order valence-electron chi connectivity index (χ3n) is 4.57. The number of carbonyl (C=O) groups excluding carboxylic acids is 1. The van der Waals surface area contributed by atoms with Crippen LogP contribution in [0.1, 0.15) is 56.0 Å². The Labute approximate surface area is 151 Å². The highest BCUT2D eigenvalue weighted by Gasteiger charge is 2.15. The van der Waals surface area contributed by atoms with Gasteiger partial charge < -0.3 is 10.1 Å². The second kappa shape index (κ2) is 7.73. The number of nitrogens with one attached hydrogen (secondary N) is 1. The first-order chi connectivity index (χ1) is 11.7. The van der Waals surface area contributed by atoms with Crippen molar-refractivity contribution < 1.29 is 9.53 Å². The highest BCUT2D eigenvalue weighted by molar-refractivity contribution is 5.78. The topological polar surface area (TPSA) is 38.3 Å². The first-order valence-corrected chi connectivity index (χ1v) is 8.77. The fraction of sp³-hybridized carbons (Fsp3) is 0.409. The summed E-state index contributed by atoms with van der Waals surface area (Å²) in [5.74, 6) is 0.644. The van der Waals surface area contributed by atoms with Gasteiger partial charge in [-0.15, -0.1) is 0 Å². The number of hydrogen-bond acceptors (Lipinski definition) is 2. The number of ether oxygens (including phenoxy) is 1. The van der Waals surface area contributed by atoms with Gasteiger partial charge in [0.25, 0.3) is 5.91 Å². The molecule has 0 fully saturated rings. The quantitative estimate of drug-likeness (QED) is 0.845. The van der Waals surface area contributed by atoms with E-state index in [-0.39, 0.29) is 24.0 Å². The summed E-state index contributed by atoms with van der Waals surface area (Å²) in [5, 5.41) is 2.99. The van der Waals surface area contributed by atoms with Crippen molar-refractivity contribution in [3.8, 4) is 5.75 Å². The first-order valence-electron chi connectivity index (χ1n) is 8.77. The molecule has 0 radical (unpaired) electrons. The van der Waals surface area contributed by atoms with Gasteiger partial charge in [0.1, 0.15) is 5.75 Å². The molecule has 0 unspecified atom stereocenters. The molecule has 2 aromatic rings. The molecule has 0 saturated heterocycles. The van der Waals surface area contributed by atoms with E-state index in [1.807, 2.05) is 39.0 Å². The Kier molecular flexibility index (Phi) is 5.89. The van der Waals surface area contributed by atoms with E-state index in [1.165, 1.54) is 5.56 Å². The van der Waals surface area contributed by atoms with Crippen molar-refractivity contribution in [2.24, 2.45) is 0 Å². The molecule has 0 spiro atoms. The molecule has 2 aromatic carbocycles. The summed E-state index contributed by atoms with van der Waals surface area (Å²) in [6, 6.07) is 14.2. The van der Waals surface area contributed by atoms with Gasteiger partial charge in [-0.3, -0.25) is 4.79 Å². The van der Waals surface area contributed by atoms with Gasteiger partial charge >= 0.3 is 0 Å². The Balaban J connectivity index is 1.92. The van der Waals surface area contributed by atoms with E-state index in [9.17, 15) is 4.79 Å². The summed E-state index contributed by atoms with van der Waals surface area (Å²) in [7, 11) is 0. The van der Waals surface area contributed by atoms with Gasteiger partial charge in [0.05, 0.1) is 6.04 Å². The largest absolute Gasteiger partial charge is 0.483 e. The summed E-state index contributed by atoms with van der Waals surface area (Å²) in [6.45, 7) is 12.6. The zero-order valence-electron chi connectivity index (χ0n) is 16.1. The van der Waals surface area contributed by atoms with Crippen molar-refractivity contribution in [1.82, 2.24) is 5.32 Å². The Morgan fingerprint density at radius 3 is 2.32 bits per heavy atom. The molecule has 3 heteroatoms. The molecule has 134 valence electrons. The summed E-state index contributed by atoms with van der Waals surface area (Å²) in [6.07, 6.45) is 0. The van der Waals surface area contributed by atoms with Crippen LogP contribution in [0.25, 0.3) is 0 Å². The molecule has 0 bridgehead atoms. The maximum atomic E-state index is 12.2. The van der Waals surface area contributed by atoms with Crippen LogP contribution in [0.3, 0.4) is 0 Å². The zero-order valence-corrected chi connectivity index (χ0v) is 16.1. The Morgan fingerprint density at radius 2 is 1.72 bits per heavy atom. The van der Waals surface area contributed by atoms with Crippen LogP contribution in [0.5, 0.6) is 5.75 Å². The first kappa shape index (κ1) is 19.0. The van der Waals surface area contributed by atoms with Gasteiger partial charge in [-0.2, -0.15) is 0 Å². The normalized spacial score (nSPS) is 12.6. The van der Waals surface area contributed by atoms with Crippen LogP contribution in [-0.2, 0) is 10.2 Å². The molecule has 3 nitrogen and oxygen atoms in total. The highest BCUT2D eigenvalue weighted by atomic mass is 16.5. The number of hydrogen-bond donors (Lipinski definition) is 1. The molecule has 2 rings (SSSR count). The fourth-order valence-electron chi connectivity index (χ4n) is 2.66. The molecule has 0 saturated carbocycles. The SMILES string of the molecule is Cc1cccc(OCC(=O)N[C@@H](C)c2ccc(C(C)(C)C)cc2)c1C. The Bertz CT molecular complexity index is 727. The van der Waals surface area contributed by atoms with Crippen LogP contribution >= 0.6 is 0 Å². The maximum Gasteiger partial charge on any atom is 0.258 e. The zero-order chi connectivity index (χ0) is 18.6. The van der Waals surface area contributed by atoms with Crippen molar-refractivity contribution in [3.05, 3.63) is 64.7 Å². The lowest BCUT2D eigenvalue weighted by Gasteiger charge is -2.21.